The molecule has 0 saturated carbocycles. The van der Waals surface area contributed by atoms with Crippen molar-refractivity contribution in [1.82, 2.24) is 5.32 Å². The largest absolute Gasteiger partial charge is 0.310 e. The summed E-state index contributed by atoms with van der Waals surface area (Å²) in [7, 11) is 0. The molecule has 0 aliphatic carbocycles. The Bertz CT molecular complexity index is 584. The third kappa shape index (κ3) is 4.71. The highest BCUT2D eigenvalue weighted by molar-refractivity contribution is 7.99. The van der Waals surface area contributed by atoms with Crippen molar-refractivity contribution in [3.8, 4) is 0 Å². The Balaban J connectivity index is 2.22. The van der Waals surface area contributed by atoms with E-state index in [4.69, 9.17) is 23.2 Å². The molecule has 0 fully saturated rings. The summed E-state index contributed by atoms with van der Waals surface area (Å²) in [5, 5.41) is 4.94. The molecule has 2 aromatic rings. The molecular formula is C16H17Cl2NS. The summed E-state index contributed by atoms with van der Waals surface area (Å²) >= 11 is 13.8. The van der Waals surface area contributed by atoms with Crippen LogP contribution in [0.4, 0.5) is 0 Å². The summed E-state index contributed by atoms with van der Waals surface area (Å²) < 4.78 is 0. The van der Waals surface area contributed by atoms with Crippen molar-refractivity contribution in [3.63, 3.8) is 0 Å². The zero-order valence-electron chi connectivity index (χ0n) is 11.5. The van der Waals surface area contributed by atoms with E-state index in [0.717, 1.165) is 26.4 Å². The van der Waals surface area contributed by atoms with E-state index in [1.807, 2.05) is 30.3 Å². The monoisotopic (exact) mass is 325 g/mol. The Morgan fingerprint density at radius 3 is 2.50 bits per heavy atom. The number of hydrogen-bond acceptors (Lipinski definition) is 2. The number of rotatable bonds is 5. The van der Waals surface area contributed by atoms with E-state index in [0.29, 0.717) is 6.04 Å². The lowest BCUT2D eigenvalue weighted by molar-refractivity contribution is 0.585. The maximum absolute atomic E-state index is 6.12. The lowest BCUT2D eigenvalue weighted by Gasteiger charge is -2.13. The second-order valence-corrected chi connectivity index (χ2v) is 6.84. The van der Waals surface area contributed by atoms with Gasteiger partial charge in [-0.1, -0.05) is 60.9 Å². The van der Waals surface area contributed by atoms with Crippen LogP contribution in [0, 0.1) is 0 Å². The molecule has 4 heteroatoms. The average Bonchev–Trinajstić information content (AvgIpc) is 2.37. The molecule has 0 aromatic heterocycles. The zero-order valence-corrected chi connectivity index (χ0v) is 13.8. The van der Waals surface area contributed by atoms with Gasteiger partial charge < -0.3 is 5.32 Å². The fourth-order valence-corrected chi connectivity index (χ4v) is 3.28. The first-order valence-electron chi connectivity index (χ1n) is 6.50. The van der Waals surface area contributed by atoms with Crippen molar-refractivity contribution in [1.29, 1.82) is 0 Å². The van der Waals surface area contributed by atoms with Crippen molar-refractivity contribution < 1.29 is 0 Å². The van der Waals surface area contributed by atoms with Crippen LogP contribution in [0.1, 0.15) is 19.4 Å². The van der Waals surface area contributed by atoms with Gasteiger partial charge in [-0.25, -0.2) is 0 Å². The molecule has 0 amide bonds. The van der Waals surface area contributed by atoms with E-state index < -0.39 is 0 Å². The van der Waals surface area contributed by atoms with E-state index in [1.165, 1.54) is 5.56 Å². The fourth-order valence-electron chi connectivity index (χ4n) is 1.74. The summed E-state index contributed by atoms with van der Waals surface area (Å²) in [6, 6.07) is 14.3. The first-order chi connectivity index (χ1) is 9.54. The van der Waals surface area contributed by atoms with Gasteiger partial charge in [0, 0.05) is 32.4 Å². The van der Waals surface area contributed by atoms with Crippen LogP contribution in [0.5, 0.6) is 0 Å². The highest BCUT2D eigenvalue weighted by atomic mass is 35.5. The predicted octanol–water partition coefficient (Wildman–Crippen LogP) is 5.64. The minimum atomic E-state index is 0.453. The van der Waals surface area contributed by atoms with Gasteiger partial charge in [0.1, 0.15) is 0 Å². The molecule has 0 radical (unpaired) electrons. The van der Waals surface area contributed by atoms with Crippen LogP contribution in [0.25, 0.3) is 0 Å². The summed E-state index contributed by atoms with van der Waals surface area (Å²) in [6.45, 7) is 5.11. The van der Waals surface area contributed by atoms with E-state index in [9.17, 15) is 0 Å². The van der Waals surface area contributed by atoms with Gasteiger partial charge in [-0.2, -0.15) is 0 Å². The van der Waals surface area contributed by atoms with Crippen LogP contribution in [-0.2, 0) is 6.54 Å². The summed E-state index contributed by atoms with van der Waals surface area (Å²) in [6.07, 6.45) is 0. The quantitative estimate of drug-likeness (QED) is 0.763. The number of halogens is 2. The van der Waals surface area contributed by atoms with Gasteiger partial charge in [0.25, 0.3) is 0 Å². The molecule has 0 unspecified atom stereocenters. The van der Waals surface area contributed by atoms with Gasteiger partial charge in [0.05, 0.1) is 0 Å². The van der Waals surface area contributed by atoms with Crippen LogP contribution in [0.2, 0.25) is 10.0 Å². The molecule has 2 rings (SSSR count). The first-order valence-corrected chi connectivity index (χ1v) is 8.07. The Hall–Kier alpha value is -0.670. The highest BCUT2D eigenvalue weighted by Crippen LogP contribution is 2.33. The molecule has 0 saturated heterocycles. The van der Waals surface area contributed by atoms with E-state index in [-0.39, 0.29) is 0 Å². The standard InChI is InChI=1S/C16H17Cl2NS/c1-11(2)19-10-12-6-7-14(18)9-16(12)20-15-5-3-4-13(17)8-15/h3-9,11,19H,10H2,1-2H3. The summed E-state index contributed by atoms with van der Waals surface area (Å²) in [5.74, 6) is 0. The second kappa shape index (κ2) is 7.37. The Labute approximate surface area is 134 Å². The normalized spacial score (nSPS) is 11.1. The molecule has 2 aromatic carbocycles. The van der Waals surface area contributed by atoms with Crippen LogP contribution >= 0.6 is 35.0 Å². The van der Waals surface area contributed by atoms with E-state index in [1.54, 1.807) is 11.8 Å². The highest BCUT2D eigenvalue weighted by Gasteiger charge is 2.07. The lowest BCUT2D eigenvalue weighted by Crippen LogP contribution is -2.22. The fraction of sp³-hybridized carbons (Fsp3) is 0.250. The summed E-state index contributed by atoms with van der Waals surface area (Å²) in [4.78, 5) is 2.28. The van der Waals surface area contributed by atoms with Gasteiger partial charge in [-0.3, -0.25) is 0 Å². The first kappa shape index (κ1) is 15.7. The minimum absolute atomic E-state index is 0.453. The molecule has 0 aliphatic heterocycles. The van der Waals surface area contributed by atoms with E-state index in [2.05, 4.69) is 31.3 Å². The van der Waals surface area contributed by atoms with Crippen molar-refractivity contribution >= 4 is 35.0 Å². The molecule has 0 aliphatic rings. The SMILES string of the molecule is CC(C)NCc1ccc(Cl)cc1Sc1cccc(Cl)c1. The number of benzene rings is 2. The molecule has 0 spiro atoms. The summed E-state index contributed by atoms with van der Waals surface area (Å²) in [5.41, 5.74) is 1.24. The van der Waals surface area contributed by atoms with Gasteiger partial charge in [-0.15, -0.1) is 0 Å². The number of hydrogen-bond donors (Lipinski definition) is 1. The van der Waals surface area contributed by atoms with Crippen LogP contribution in [-0.4, -0.2) is 6.04 Å². The smallest absolute Gasteiger partial charge is 0.0417 e. The van der Waals surface area contributed by atoms with Gasteiger partial charge in [0.15, 0.2) is 0 Å². The van der Waals surface area contributed by atoms with Gasteiger partial charge in [0.2, 0.25) is 0 Å². The average molecular weight is 326 g/mol. The lowest BCUT2D eigenvalue weighted by atomic mass is 10.2. The third-order valence-corrected chi connectivity index (χ3v) is 4.31. The van der Waals surface area contributed by atoms with Gasteiger partial charge >= 0.3 is 0 Å². The van der Waals surface area contributed by atoms with Crippen molar-refractivity contribution in [2.45, 2.75) is 36.2 Å². The molecule has 0 atom stereocenters. The molecule has 1 nitrogen and oxygen atoms in total. The number of nitrogens with one attached hydrogen (secondary N) is 1. The minimum Gasteiger partial charge on any atom is -0.310 e. The molecule has 106 valence electrons. The Morgan fingerprint density at radius 2 is 1.80 bits per heavy atom. The van der Waals surface area contributed by atoms with Crippen LogP contribution in [0.15, 0.2) is 52.3 Å². The van der Waals surface area contributed by atoms with Crippen molar-refractivity contribution in [2.75, 3.05) is 0 Å². The molecule has 1 N–H and O–H groups in total. The van der Waals surface area contributed by atoms with Crippen LogP contribution < -0.4 is 5.32 Å². The van der Waals surface area contributed by atoms with Crippen molar-refractivity contribution in [2.24, 2.45) is 0 Å². The van der Waals surface area contributed by atoms with Crippen LogP contribution in [0.3, 0.4) is 0 Å². The maximum atomic E-state index is 6.12. The Morgan fingerprint density at radius 1 is 1.05 bits per heavy atom. The molecule has 0 bridgehead atoms. The molecule has 0 heterocycles. The Kier molecular flexibility index (Phi) is 5.79. The van der Waals surface area contributed by atoms with Crippen molar-refractivity contribution in [3.05, 3.63) is 58.1 Å². The molecular weight excluding hydrogens is 309 g/mol. The van der Waals surface area contributed by atoms with E-state index >= 15 is 0 Å². The second-order valence-electron chi connectivity index (χ2n) is 4.85. The van der Waals surface area contributed by atoms with Gasteiger partial charge in [-0.05, 0) is 35.9 Å². The third-order valence-electron chi connectivity index (χ3n) is 2.75. The maximum Gasteiger partial charge on any atom is 0.0417 e. The molecule has 20 heavy (non-hydrogen) atoms. The predicted molar refractivity (Wildman–Crippen MR) is 89.0 cm³/mol. The zero-order chi connectivity index (χ0) is 14.5. The topological polar surface area (TPSA) is 12.0 Å².